The number of hydrogen-bond acceptors (Lipinski definition) is 4. The number of amides is 2. The van der Waals surface area contributed by atoms with Crippen LogP contribution in [0.2, 0.25) is 0 Å². The molecule has 2 atom stereocenters. The summed E-state index contributed by atoms with van der Waals surface area (Å²) in [5.41, 5.74) is 4.69. The molecule has 0 bridgehead atoms. The van der Waals surface area contributed by atoms with Gasteiger partial charge in [-0.2, -0.15) is 0 Å². The highest BCUT2D eigenvalue weighted by atomic mass is 16.6. The molecule has 5 heteroatoms. The van der Waals surface area contributed by atoms with Crippen molar-refractivity contribution in [3.63, 3.8) is 0 Å². The Kier molecular flexibility index (Phi) is 5.84. The molecule has 1 aliphatic heterocycles. The maximum atomic E-state index is 14.0. The average Bonchev–Trinajstić information content (AvgIpc) is 3.12. The van der Waals surface area contributed by atoms with E-state index in [0.29, 0.717) is 6.42 Å². The molecule has 0 N–H and O–H groups in total. The van der Waals surface area contributed by atoms with E-state index >= 15 is 0 Å². The first-order valence-electron chi connectivity index (χ1n) is 11.4. The second kappa shape index (κ2) is 9.10. The topological polar surface area (TPSA) is 63.7 Å². The first-order valence-corrected chi connectivity index (χ1v) is 11.4. The Morgan fingerprint density at radius 2 is 1.44 bits per heavy atom. The molecule has 5 rings (SSSR count). The van der Waals surface area contributed by atoms with Gasteiger partial charge in [0.1, 0.15) is 18.3 Å². The largest absolute Gasteiger partial charge is 0.447 e. The third-order valence-electron chi connectivity index (χ3n) is 6.65. The predicted molar refractivity (Wildman–Crippen MR) is 130 cm³/mol. The van der Waals surface area contributed by atoms with Crippen LogP contribution >= 0.6 is 0 Å². The minimum Gasteiger partial charge on any atom is -0.447 e. The molecule has 0 radical (unpaired) electrons. The summed E-state index contributed by atoms with van der Waals surface area (Å²) < 4.78 is 5.29. The van der Waals surface area contributed by atoms with Crippen molar-refractivity contribution in [3.05, 3.63) is 107 Å². The second-order valence-electron chi connectivity index (χ2n) is 8.79. The van der Waals surface area contributed by atoms with Crippen LogP contribution in [0.15, 0.2) is 78.9 Å². The fourth-order valence-corrected chi connectivity index (χ4v) is 5.07. The zero-order valence-electron chi connectivity index (χ0n) is 18.9. The molecular weight excluding hydrogens is 426 g/mol. The number of hydrogen-bond donors (Lipinski definition) is 0. The number of carbonyl (C=O) groups excluding carboxylic acids is 3. The fourth-order valence-electron chi connectivity index (χ4n) is 5.07. The Hall–Kier alpha value is -3.99. The van der Waals surface area contributed by atoms with Crippen LogP contribution in [-0.4, -0.2) is 35.3 Å². The number of imide groups is 1. The minimum absolute atomic E-state index is 0.115. The first-order chi connectivity index (χ1) is 16.5. The lowest BCUT2D eigenvalue weighted by Crippen LogP contribution is -2.47. The van der Waals surface area contributed by atoms with Gasteiger partial charge >= 0.3 is 6.09 Å². The van der Waals surface area contributed by atoms with Crippen LogP contribution in [-0.2, 0) is 20.7 Å². The number of ether oxygens (including phenoxy) is 1. The zero-order valence-corrected chi connectivity index (χ0v) is 18.9. The molecular formula is C29H25NO4. The normalized spacial score (nSPS) is 18.0. The van der Waals surface area contributed by atoms with Crippen molar-refractivity contribution < 1.29 is 19.1 Å². The standard InChI is InChI=1S/C29H25NO4/c1-19(31)26(28(32)30-23(18-34-29(30)33)17-20-9-3-2-4-10-20)27-24-13-7-5-11-21(24)15-16-22-12-6-8-14-25(22)27/h2-16,23,26-27H,17-18H2,1H3/t23-,26+/m0/s1. The van der Waals surface area contributed by atoms with Gasteiger partial charge in [-0.1, -0.05) is 91.0 Å². The van der Waals surface area contributed by atoms with Crippen molar-refractivity contribution in [2.75, 3.05) is 6.61 Å². The highest BCUT2D eigenvalue weighted by Gasteiger charge is 2.46. The number of carbonyl (C=O) groups is 3. The predicted octanol–water partition coefficient (Wildman–Crippen LogP) is 5.10. The van der Waals surface area contributed by atoms with E-state index in [1.165, 1.54) is 11.8 Å². The van der Waals surface area contributed by atoms with Crippen molar-refractivity contribution in [1.29, 1.82) is 0 Å². The minimum atomic E-state index is -1.05. The molecule has 3 aromatic carbocycles. The van der Waals surface area contributed by atoms with Gasteiger partial charge in [-0.3, -0.25) is 9.59 Å². The lowest BCUT2D eigenvalue weighted by molar-refractivity contribution is -0.139. The second-order valence-corrected chi connectivity index (χ2v) is 8.79. The lowest BCUT2D eigenvalue weighted by Gasteiger charge is -2.30. The van der Waals surface area contributed by atoms with E-state index in [-0.39, 0.29) is 12.4 Å². The van der Waals surface area contributed by atoms with Gasteiger partial charge in [-0.05, 0) is 41.2 Å². The summed E-state index contributed by atoms with van der Waals surface area (Å²) >= 11 is 0. The summed E-state index contributed by atoms with van der Waals surface area (Å²) in [6, 6.07) is 24.8. The number of fused-ring (bicyclic) bond motifs is 2. The number of Topliss-reactive ketones (excluding diaryl/α,β-unsaturated/α-hetero) is 1. The first kappa shape index (κ1) is 21.8. The van der Waals surface area contributed by atoms with Crippen LogP contribution < -0.4 is 0 Å². The molecule has 1 fully saturated rings. The van der Waals surface area contributed by atoms with Crippen molar-refractivity contribution in [1.82, 2.24) is 4.90 Å². The van der Waals surface area contributed by atoms with E-state index in [2.05, 4.69) is 0 Å². The van der Waals surface area contributed by atoms with Gasteiger partial charge < -0.3 is 4.74 Å². The van der Waals surface area contributed by atoms with E-state index in [1.54, 1.807) is 0 Å². The molecule has 2 aliphatic rings. The van der Waals surface area contributed by atoms with E-state index < -0.39 is 29.9 Å². The maximum Gasteiger partial charge on any atom is 0.417 e. The van der Waals surface area contributed by atoms with Crippen LogP contribution in [0.25, 0.3) is 12.2 Å². The number of benzene rings is 3. The molecule has 1 heterocycles. The number of nitrogens with zero attached hydrogens (tertiary/aromatic N) is 1. The van der Waals surface area contributed by atoms with Crippen molar-refractivity contribution in [3.8, 4) is 0 Å². The van der Waals surface area contributed by atoms with Gasteiger partial charge in [0.2, 0.25) is 5.91 Å². The van der Waals surface area contributed by atoms with Crippen molar-refractivity contribution in [2.24, 2.45) is 5.92 Å². The van der Waals surface area contributed by atoms with Gasteiger partial charge in [0.05, 0.1) is 6.04 Å². The highest BCUT2D eigenvalue weighted by molar-refractivity contribution is 6.07. The Balaban J connectivity index is 1.58. The van der Waals surface area contributed by atoms with Gasteiger partial charge in [0, 0.05) is 5.92 Å². The Labute approximate surface area is 198 Å². The van der Waals surface area contributed by atoms with E-state index in [1.807, 2.05) is 91.0 Å². The van der Waals surface area contributed by atoms with Crippen molar-refractivity contribution >= 4 is 29.9 Å². The summed E-state index contributed by atoms with van der Waals surface area (Å²) in [7, 11) is 0. The monoisotopic (exact) mass is 451 g/mol. The number of cyclic esters (lactones) is 1. The summed E-state index contributed by atoms with van der Waals surface area (Å²) in [6.07, 6.45) is 3.81. The average molecular weight is 452 g/mol. The van der Waals surface area contributed by atoms with Crippen LogP contribution in [0, 0.1) is 5.92 Å². The van der Waals surface area contributed by atoms with Gasteiger partial charge in [-0.25, -0.2) is 9.69 Å². The summed E-state index contributed by atoms with van der Waals surface area (Å²) in [5, 5.41) is 0. The fraction of sp³-hybridized carbons (Fsp3) is 0.207. The Bertz CT molecular complexity index is 1230. The summed E-state index contributed by atoms with van der Waals surface area (Å²) in [5.74, 6) is -2.35. The van der Waals surface area contributed by atoms with E-state index in [0.717, 1.165) is 27.8 Å². The summed E-state index contributed by atoms with van der Waals surface area (Å²) in [6.45, 7) is 1.54. The molecule has 0 saturated carbocycles. The van der Waals surface area contributed by atoms with E-state index in [9.17, 15) is 14.4 Å². The molecule has 170 valence electrons. The molecule has 1 saturated heterocycles. The quantitative estimate of drug-likeness (QED) is 0.507. The van der Waals surface area contributed by atoms with E-state index in [4.69, 9.17) is 4.74 Å². The third kappa shape index (κ3) is 3.94. The SMILES string of the molecule is CC(=O)[C@@H](C(=O)N1C(=O)OC[C@@H]1Cc1ccccc1)C1c2ccccc2C=Cc2ccccc21. The molecule has 0 aromatic heterocycles. The summed E-state index contributed by atoms with van der Waals surface area (Å²) in [4.78, 5) is 41.1. The van der Waals surface area contributed by atoms with Crippen LogP contribution in [0.5, 0.6) is 0 Å². The smallest absolute Gasteiger partial charge is 0.417 e. The number of ketones is 1. The zero-order chi connectivity index (χ0) is 23.7. The van der Waals surface area contributed by atoms with Crippen molar-refractivity contribution in [2.45, 2.75) is 25.3 Å². The van der Waals surface area contributed by atoms with Crippen LogP contribution in [0.3, 0.4) is 0 Å². The van der Waals surface area contributed by atoms with Crippen LogP contribution in [0.4, 0.5) is 4.79 Å². The molecule has 34 heavy (non-hydrogen) atoms. The molecule has 3 aromatic rings. The Morgan fingerprint density at radius 3 is 2.03 bits per heavy atom. The maximum absolute atomic E-state index is 14.0. The third-order valence-corrected chi connectivity index (χ3v) is 6.65. The van der Waals surface area contributed by atoms with Gasteiger partial charge in [0.15, 0.2) is 0 Å². The molecule has 1 aliphatic carbocycles. The van der Waals surface area contributed by atoms with Gasteiger partial charge in [0.25, 0.3) is 0 Å². The molecule has 5 nitrogen and oxygen atoms in total. The molecule has 2 amide bonds. The lowest BCUT2D eigenvalue weighted by atomic mass is 9.76. The molecule has 0 unspecified atom stereocenters. The van der Waals surface area contributed by atoms with Gasteiger partial charge in [-0.15, -0.1) is 0 Å². The molecule has 0 spiro atoms. The highest BCUT2D eigenvalue weighted by Crippen LogP contribution is 2.41. The number of rotatable bonds is 5. The Morgan fingerprint density at radius 1 is 0.882 bits per heavy atom. The van der Waals surface area contributed by atoms with Crippen LogP contribution in [0.1, 0.15) is 40.7 Å².